The zero-order valence-corrected chi connectivity index (χ0v) is 11.0. The van der Waals surface area contributed by atoms with Gasteiger partial charge in [-0.25, -0.2) is 4.98 Å². The molecule has 7 heteroatoms. The molecule has 3 nitrogen and oxygen atoms in total. The van der Waals surface area contributed by atoms with Crippen molar-refractivity contribution in [3.63, 3.8) is 0 Å². The van der Waals surface area contributed by atoms with Gasteiger partial charge in [0.15, 0.2) is 0 Å². The van der Waals surface area contributed by atoms with E-state index >= 15 is 0 Å². The van der Waals surface area contributed by atoms with Gasteiger partial charge in [0.25, 0.3) is 0 Å². The van der Waals surface area contributed by atoms with Crippen LogP contribution in [-0.2, 0) is 0 Å². The number of nitrogens with zero attached hydrogens (tertiary/aromatic N) is 2. The number of rotatable bonds is 4. The molecule has 0 aliphatic rings. The molecule has 0 aromatic carbocycles. The van der Waals surface area contributed by atoms with Crippen LogP contribution in [0.1, 0.15) is 32.0 Å². The Morgan fingerprint density at radius 3 is 2.53 bits per heavy atom. The molecule has 0 aliphatic carbocycles. The first kappa shape index (κ1) is 14.2. The first-order chi connectivity index (χ1) is 7.78. The van der Waals surface area contributed by atoms with Crippen LogP contribution in [0.25, 0.3) is 0 Å². The summed E-state index contributed by atoms with van der Waals surface area (Å²) in [4.78, 5) is 8.12. The van der Waals surface area contributed by atoms with Crippen molar-refractivity contribution < 1.29 is 17.9 Å². The second kappa shape index (κ2) is 5.66. The van der Waals surface area contributed by atoms with Crippen LogP contribution < -0.4 is 4.74 Å². The molecule has 0 saturated heterocycles. The Morgan fingerprint density at radius 2 is 2.00 bits per heavy atom. The molecular formula is C10H12BrF3N2O. The zero-order valence-electron chi connectivity index (χ0n) is 9.38. The SMILES string of the molecule is CC(C)c1nc(Br)cc(OCCC(F)(F)F)n1. The minimum atomic E-state index is -4.22. The molecule has 0 N–H and O–H groups in total. The zero-order chi connectivity index (χ0) is 13.1. The summed E-state index contributed by atoms with van der Waals surface area (Å²) >= 11 is 3.16. The summed E-state index contributed by atoms with van der Waals surface area (Å²) in [5.41, 5.74) is 0. The highest BCUT2D eigenvalue weighted by atomic mass is 79.9. The minimum Gasteiger partial charge on any atom is -0.477 e. The van der Waals surface area contributed by atoms with Crippen molar-refractivity contribution in [1.82, 2.24) is 9.97 Å². The quantitative estimate of drug-likeness (QED) is 0.795. The molecule has 0 fully saturated rings. The summed E-state index contributed by atoms with van der Waals surface area (Å²) in [6.45, 7) is 3.34. The maximum Gasteiger partial charge on any atom is 0.392 e. The van der Waals surface area contributed by atoms with Crippen molar-refractivity contribution in [2.45, 2.75) is 32.4 Å². The fraction of sp³-hybridized carbons (Fsp3) is 0.600. The van der Waals surface area contributed by atoms with E-state index in [9.17, 15) is 13.2 Å². The summed E-state index contributed by atoms with van der Waals surface area (Å²) in [6, 6.07) is 1.45. The third kappa shape index (κ3) is 5.34. The van der Waals surface area contributed by atoms with E-state index in [1.54, 1.807) is 0 Å². The number of halogens is 4. The number of aromatic nitrogens is 2. The van der Waals surface area contributed by atoms with Crippen molar-refractivity contribution >= 4 is 15.9 Å². The Kier molecular flexibility index (Phi) is 4.73. The molecule has 1 aromatic heterocycles. The molecule has 0 amide bonds. The summed E-state index contributed by atoms with van der Waals surface area (Å²) in [6.07, 6.45) is -5.21. The Labute approximate surface area is 106 Å². The normalized spacial score (nSPS) is 11.9. The van der Waals surface area contributed by atoms with Crippen LogP contribution in [0.15, 0.2) is 10.7 Å². The van der Waals surface area contributed by atoms with Crippen molar-refractivity contribution in [3.8, 4) is 5.88 Å². The fourth-order valence-electron chi connectivity index (χ4n) is 1.02. The van der Waals surface area contributed by atoms with Crippen LogP contribution in [0.5, 0.6) is 5.88 Å². The maximum atomic E-state index is 11.9. The highest BCUT2D eigenvalue weighted by molar-refractivity contribution is 9.10. The molecule has 0 unspecified atom stereocenters. The van der Waals surface area contributed by atoms with Crippen molar-refractivity contribution in [3.05, 3.63) is 16.5 Å². The number of hydrogen-bond donors (Lipinski definition) is 0. The van der Waals surface area contributed by atoms with Crippen LogP contribution in [-0.4, -0.2) is 22.8 Å². The van der Waals surface area contributed by atoms with Gasteiger partial charge in [0.1, 0.15) is 10.4 Å². The predicted molar refractivity (Wildman–Crippen MR) is 60.0 cm³/mol. The van der Waals surface area contributed by atoms with Gasteiger partial charge < -0.3 is 4.74 Å². The van der Waals surface area contributed by atoms with Crippen LogP contribution in [0, 0.1) is 0 Å². The topological polar surface area (TPSA) is 35.0 Å². The highest BCUT2D eigenvalue weighted by Gasteiger charge is 2.27. The van der Waals surface area contributed by atoms with Crippen molar-refractivity contribution in [1.29, 1.82) is 0 Å². The number of alkyl halides is 3. The Morgan fingerprint density at radius 1 is 1.35 bits per heavy atom. The lowest BCUT2D eigenvalue weighted by Crippen LogP contribution is -2.14. The molecule has 0 saturated carbocycles. The Balaban J connectivity index is 2.65. The standard InChI is InChI=1S/C10H12BrF3N2O/c1-6(2)9-15-7(11)5-8(16-9)17-4-3-10(12,13)14/h5-6H,3-4H2,1-2H3. The molecule has 0 spiro atoms. The largest absolute Gasteiger partial charge is 0.477 e. The highest BCUT2D eigenvalue weighted by Crippen LogP contribution is 2.22. The van der Waals surface area contributed by atoms with Gasteiger partial charge >= 0.3 is 6.18 Å². The molecule has 1 aromatic rings. The first-order valence-electron chi connectivity index (χ1n) is 5.02. The Bertz CT molecular complexity index is 382. The molecule has 1 rings (SSSR count). The fourth-order valence-corrected chi connectivity index (χ4v) is 1.39. The average Bonchev–Trinajstić information content (AvgIpc) is 2.14. The van der Waals surface area contributed by atoms with E-state index in [0.29, 0.717) is 10.4 Å². The summed E-state index contributed by atoms with van der Waals surface area (Å²) in [7, 11) is 0. The smallest absolute Gasteiger partial charge is 0.392 e. The third-order valence-corrected chi connectivity index (χ3v) is 2.25. The molecule has 96 valence electrons. The van der Waals surface area contributed by atoms with Crippen LogP contribution in [0.4, 0.5) is 13.2 Å². The monoisotopic (exact) mass is 312 g/mol. The first-order valence-corrected chi connectivity index (χ1v) is 5.81. The van der Waals surface area contributed by atoms with Gasteiger partial charge in [-0.1, -0.05) is 13.8 Å². The molecular weight excluding hydrogens is 301 g/mol. The van der Waals surface area contributed by atoms with Crippen LogP contribution in [0.2, 0.25) is 0 Å². The minimum absolute atomic E-state index is 0.0810. The van der Waals surface area contributed by atoms with Crippen LogP contribution >= 0.6 is 15.9 Å². The number of ether oxygens (including phenoxy) is 1. The molecule has 1 heterocycles. The van der Waals surface area contributed by atoms with Crippen molar-refractivity contribution in [2.24, 2.45) is 0 Å². The predicted octanol–water partition coefficient (Wildman–Crippen LogP) is 3.69. The van der Waals surface area contributed by atoms with E-state index in [-0.39, 0.29) is 11.8 Å². The van der Waals surface area contributed by atoms with E-state index < -0.39 is 19.2 Å². The maximum absolute atomic E-state index is 11.9. The lowest BCUT2D eigenvalue weighted by Gasteiger charge is -2.10. The van der Waals surface area contributed by atoms with Gasteiger partial charge in [0.2, 0.25) is 5.88 Å². The van der Waals surface area contributed by atoms with Gasteiger partial charge in [-0.2, -0.15) is 18.2 Å². The lowest BCUT2D eigenvalue weighted by atomic mass is 10.2. The summed E-state index contributed by atoms with van der Waals surface area (Å²) < 4.78 is 41.2. The molecule has 0 radical (unpaired) electrons. The van der Waals surface area contributed by atoms with Gasteiger partial charge in [-0.3, -0.25) is 0 Å². The second-order valence-electron chi connectivity index (χ2n) is 3.76. The van der Waals surface area contributed by atoms with Gasteiger partial charge in [-0.15, -0.1) is 0 Å². The van der Waals surface area contributed by atoms with E-state index in [4.69, 9.17) is 4.74 Å². The molecule has 0 bridgehead atoms. The van der Waals surface area contributed by atoms with Gasteiger partial charge in [0, 0.05) is 12.0 Å². The van der Waals surface area contributed by atoms with Gasteiger partial charge in [0.05, 0.1) is 13.0 Å². The van der Waals surface area contributed by atoms with Gasteiger partial charge in [-0.05, 0) is 15.9 Å². The van der Waals surface area contributed by atoms with E-state index in [1.165, 1.54) is 6.07 Å². The average molecular weight is 313 g/mol. The number of hydrogen-bond acceptors (Lipinski definition) is 3. The summed E-state index contributed by atoms with van der Waals surface area (Å²) in [5, 5.41) is 0. The van der Waals surface area contributed by atoms with Crippen molar-refractivity contribution in [2.75, 3.05) is 6.61 Å². The molecule has 0 aliphatic heterocycles. The second-order valence-corrected chi connectivity index (χ2v) is 4.57. The van der Waals surface area contributed by atoms with E-state index in [1.807, 2.05) is 13.8 Å². The summed E-state index contributed by atoms with van der Waals surface area (Å²) in [5.74, 6) is 0.763. The van der Waals surface area contributed by atoms with E-state index in [2.05, 4.69) is 25.9 Å². The Hall–Kier alpha value is -0.850. The van der Waals surface area contributed by atoms with Crippen LogP contribution in [0.3, 0.4) is 0 Å². The third-order valence-electron chi connectivity index (χ3n) is 1.84. The van der Waals surface area contributed by atoms with E-state index in [0.717, 1.165) is 0 Å². The lowest BCUT2D eigenvalue weighted by molar-refractivity contribution is -0.139. The molecule has 17 heavy (non-hydrogen) atoms. The molecule has 0 atom stereocenters.